The van der Waals surface area contributed by atoms with Gasteiger partial charge in [0.25, 0.3) is 0 Å². The molecule has 1 fully saturated rings. The lowest BCUT2D eigenvalue weighted by Crippen LogP contribution is -2.55. The molecule has 0 heterocycles. The Morgan fingerprint density at radius 3 is 2.38 bits per heavy atom. The highest BCUT2D eigenvalue weighted by molar-refractivity contribution is 5.87. The maximum Gasteiger partial charge on any atom is 0.333 e. The van der Waals surface area contributed by atoms with E-state index < -0.39 is 36.0 Å². The van der Waals surface area contributed by atoms with Gasteiger partial charge in [-0.3, -0.25) is 4.79 Å². The van der Waals surface area contributed by atoms with E-state index in [0.717, 1.165) is 0 Å². The van der Waals surface area contributed by atoms with Crippen LogP contribution in [0.1, 0.15) is 26.7 Å². The van der Waals surface area contributed by atoms with Gasteiger partial charge in [0.15, 0.2) is 0 Å². The molecule has 24 heavy (non-hydrogen) atoms. The molecular weight excluding hydrogens is 316 g/mol. The standard InChI is InChI=1S/C17H28O7/c1-10(2)12-5-6-17(22,9-23-3)14(16(21)24-4)13(12)7-11(8-18)15(19)20/h7,10,12-14,18,22H,5-6,8-9H2,1-4H3,(H,19,20). The summed E-state index contributed by atoms with van der Waals surface area (Å²) in [6.45, 7) is 3.27. The van der Waals surface area contributed by atoms with Crippen LogP contribution < -0.4 is 0 Å². The fourth-order valence-corrected chi connectivity index (χ4v) is 3.71. The van der Waals surface area contributed by atoms with Crippen molar-refractivity contribution in [3.63, 3.8) is 0 Å². The summed E-state index contributed by atoms with van der Waals surface area (Å²) in [6, 6.07) is 0. The highest BCUT2D eigenvalue weighted by atomic mass is 16.5. The van der Waals surface area contributed by atoms with Crippen molar-refractivity contribution < 1.29 is 34.4 Å². The predicted octanol–water partition coefficient (Wildman–Crippen LogP) is 0.839. The molecule has 0 amide bonds. The van der Waals surface area contributed by atoms with Gasteiger partial charge < -0.3 is 24.8 Å². The highest BCUT2D eigenvalue weighted by Crippen LogP contribution is 2.46. The van der Waals surface area contributed by atoms with Crippen LogP contribution in [0.2, 0.25) is 0 Å². The van der Waals surface area contributed by atoms with E-state index in [-0.39, 0.29) is 24.0 Å². The molecule has 4 unspecified atom stereocenters. The molecule has 7 heteroatoms. The number of methoxy groups -OCH3 is 2. The number of aliphatic carboxylic acids is 1. The third-order valence-corrected chi connectivity index (χ3v) is 4.91. The Bertz CT molecular complexity index is 485. The summed E-state index contributed by atoms with van der Waals surface area (Å²) in [7, 11) is 2.67. The number of carboxylic acid groups (broad SMARTS) is 1. The third-order valence-electron chi connectivity index (χ3n) is 4.91. The van der Waals surface area contributed by atoms with Gasteiger partial charge >= 0.3 is 11.9 Å². The number of aliphatic hydroxyl groups excluding tert-OH is 1. The summed E-state index contributed by atoms with van der Waals surface area (Å²) in [5.74, 6) is -3.23. The largest absolute Gasteiger partial charge is 0.478 e. The van der Waals surface area contributed by atoms with E-state index >= 15 is 0 Å². The van der Waals surface area contributed by atoms with E-state index in [4.69, 9.17) is 9.47 Å². The van der Waals surface area contributed by atoms with Crippen molar-refractivity contribution >= 4 is 11.9 Å². The van der Waals surface area contributed by atoms with Gasteiger partial charge in [-0.05, 0) is 30.6 Å². The van der Waals surface area contributed by atoms with E-state index in [1.54, 1.807) is 0 Å². The number of hydrogen-bond acceptors (Lipinski definition) is 6. The molecule has 0 bridgehead atoms. The first-order valence-corrected chi connectivity index (χ1v) is 8.05. The first-order chi connectivity index (χ1) is 11.2. The minimum atomic E-state index is -1.44. The van der Waals surface area contributed by atoms with Crippen molar-refractivity contribution in [1.29, 1.82) is 0 Å². The van der Waals surface area contributed by atoms with Crippen LogP contribution in [0, 0.1) is 23.7 Å². The number of allylic oxidation sites excluding steroid dienone is 1. The van der Waals surface area contributed by atoms with Gasteiger partial charge in [0.1, 0.15) is 5.60 Å². The molecule has 1 aliphatic carbocycles. The van der Waals surface area contributed by atoms with E-state index in [2.05, 4.69) is 0 Å². The van der Waals surface area contributed by atoms with Crippen LogP contribution in [-0.4, -0.2) is 60.3 Å². The maximum atomic E-state index is 12.4. The molecule has 1 aliphatic rings. The van der Waals surface area contributed by atoms with Gasteiger partial charge in [-0.2, -0.15) is 0 Å². The monoisotopic (exact) mass is 344 g/mol. The van der Waals surface area contributed by atoms with Crippen molar-refractivity contribution in [2.24, 2.45) is 23.7 Å². The number of carbonyl (C=O) groups is 2. The zero-order chi connectivity index (χ0) is 18.5. The van der Waals surface area contributed by atoms with Gasteiger partial charge in [0.2, 0.25) is 0 Å². The van der Waals surface area contributed by atoms with Crippen molar-refractivity contribution in [2.45, 2.75) is 32.3 Å². The van der Waals surface area contributed by atoms with E-state index in [9.17, 15) is 24.9 Å². The van der Waals surface area contributed by atoms with Crippen molar-refractivity contribution in [2.75, 3.05) is 27.4 Å². The first kappa shape index (κ1) is 20.6. The van der Waals surface area contributed by atoms with Gasteiger partial charge in [0, 0.05) is 7.11 Å². The molecule has 0 aromatic heterocycles. The van der Waals surface area contributed by atoms with Crippen molar-refractivity contribution in [3.05, 3.63) is 11.6 Å². The molecule has 0 spiro atoms. The van der Waals surface area contributed by atoms with Crippen LogP contribution >= 0.6 is 0 Å². The molecule has 1 saturated carbocycles. The van der Waals surface area contributed by atoms with E-state index in [0.29, 0.717) is 12.8 Å². The average molecular weight is 344 g/mol. The van der Waals surface area contributed by atoms with Crippen LogP contribution in [0.3, 0.4) is 0 Å². The Kier molecular flexibility index (Phi) is 7.38. The van der Waals surface area contributed by atoms with Crippen LogP contribution in [0.5, 0.6) is 0 Å². The number of ether oxygens (including phenoxy) is 2. The van der Waals surface area contributed by atoms with Crippen molar-refractivity contribution in [3.8, 4) is 0 Å². The minimum Gasteiger partial charge on any atom is -0.478 e. The summed E-state index contributed by atoms with van der Waals surface area (Å²) in [5, 5.41) is 29.5. The first-order valence-electron chi connectivity index (χ1n) is 8.05. The Morgan fingerprint density at radius 2 is 1.96 bits per heavy atom. The topological polar surface area (TPSA) is 113 Å². The number of carbonyl (C=O) groups excluding carboxylic acids is 1. The fraction of sp³-hybridized carbons (Fsp3) is 0.765. The molecule has 3 N–H and O–H groups in total. The number of rotatable bonds is 7. The lowest BCUT2D eigenvalue weighted by molar-refractivity contribution is -0.175. The maximum absolute atomic E-state index is 12.4. The second-order valence-electron chi connectivity index (χ2n) is 6.72. The third kappa shape index (κ3) is 4.34. The van der Waals surface area contributed by atoms with Crippen LogP contribution in [0.4, 0.5) is 0 Å². The van der Waals surface area contributed by atoms with E-state index in [1.165, 1.54) is 20.3 Å². The second-order valence-corrected chi connectivity index (χ2v) is 6.72. The Hall–Kier alpha value is -1.44. The molecule has 0 saturated heterocycles. The molecule has 7 nitrogen and oxygen atoms in total. The molecule has 138 valence electrons. The molecule has 0 radical (unpaired) electrons. The summed E-state index contributed by atoms with van der Waals surface area (Å²) in [6.07, 6.45) is 2.37. The molecule has 1 rings (SSSR count). The van der Waals surface area contributed by atoms with Gasteiger partial charge in [-0.15, -0.1) is 0 Å². The average Bonchev–Trinajstić information content (AvgIpc) is 2.51. The van der Waals surface area contributed by atoms with Crippen LogP contribution in [0.15, 0.2) is 11.6 Å². The number of aliphatic hydroxyl groups is 2. The molecule has 4 atom stereocenters. The van der Waals surface area contributed by atoms with Gasteiger partial charge in [-0.25, -0.2) is 4.79 Å². The quantitative estimate of drug-likeness (QED) is 0.463. The minimum absolute atomic E-state index is 0.0212. The molecule has 0 aliphatic heterocycles. The second kappa shape index (κ2) is 8.60. The van der Waals surface area contributed by atoms with Gasteiger partial charge in [-0.1, -0.05) is 19.9 Å². The number of esters is 1. The predicted molar refractivity (Wildman–Crippen MR) is 86.2 cm³/mol. The zero-order valence-corrected chi connectivity index (χ0v) is 14.7. The highest BCUT2D eigenvalue weighted by Gasteiger charge is 2.52. The zero-order valence-electron chi connectivity index (χ0n) is 14.7. The van der Waals surface area contributed by atoms with Crippen LogP contribution in [-0.2, 0) is 19.1 Å². The number of carboxylic acids is 1. The normalized spacial score (nSPS) is 31.1. The lowest BCUT2D eigenvalue weighted by atomic mass is 9.61. The molecular formula is C17H28O7. The Labute approximate surface area is 142 Å². The summed E-state index contributed by atoms with van der Waals surface area (Å²) >= 11 is 0. The lowest BCUT2D eigenvalue weighted by Gasteiger charge is -2.47. The summed E-state index contributed by atoms with van der Waals surface area (Å²) in [5.41, 5.74) is -1.63. The fourth-order valence-electron chi connectivity index (χ4n) is 3.71. The van der Waals surface area contributed by atoms with Gasteiger partial charge in [0.05, 0.1) is 31.8 Å². The molecule has 0 aromatic rings. The number of hydrogen-bond donors (Lipinski definition) is 3. The Balaban J connectivity index is 3.42. The Morgan fingerprint density at radius 1 is 1.33 bits per heavy atom. The summed E-state index contributed by atoms with van der Waals surface area (Å²) < 4.78 is 9.96. The molecule has 0 aromatic carbocycles. The SMILES string of the molecule is COCC1(O)CCC(C(C)C)C(C=C(CO)C(=O)O)C1C(=O)OC. The smallest absolute Gasteiger partial charge is 0.333 e. The van der Waals surface area contributed by atoms with Crippen molar-refractivity contribution in [1.82, 2.24) is 0 Å². The van der Waals surface area contributed by atoms with Crippen LogP contribution in [0.25, 0.3) is 0 Å². The van der Waals surface area contributed by atoms with E-state index in [1.807, 2.05) is 13.8 Å². The summed E-state index contributed by atoms with van der Waals surface area (Å²) in [4.78, 5) is 23.7.